The molecule has 33 heavy (non-hydrogen) atoms. The Morgan fingerprint density at radius 3 is 2.24 bits per heavy atom. The van der Waals surface area contributed by atoms with Gasteiger partial charge in [-0.3, -0.25) is 4.79 Å². The molecule has 0 unspecified atom stereocenters. The Balaban J connectivity index is 1.19. The van der Waals surface area contributed by atoms with Gasteiger partial charge in [-0.2, -0.15) is 5.10 Å². The molecule has 0 aliphatic carbocycles. The highest BCUT2D eigenvalue weighted by molar-refractivity contribution is 5.78. The van der Waals surface area contributed by atoms with Gasteiger partial charge in [-0.1, -0.05) is 36.4 Å². The van der Waals surface area contributed by atoms with Crippen LogP contribution in [0.1, 0.15) is 5.69 Å². The Labute approximate surface area is 193 Å². The number of carbonyl (C=O) groups excluding carboxylic acids is 1. The summed E-state index contributed by atoms with van der Waals surface area (Å²) in [4.78, 5) is 17.0. The molecular formula is C26H27N5O2. The minimum absolute atomic E-state index is 0.116. The number of aromatic nitrogens is 2. The van der Waals surface area contributed by atoms with E-state index in [-0.39, 0.29) is 12.5 Å². The number of piperazine rings is 1. The average Bonchev–Trinajstić information content (AvgIpc) is 3.55. The Kier molecular flexibility index (Phi) is 6.21. The summed E-state index contributed by atoms with van der Waals surface area (Å²) < 4.78 is 7.46. The van der Waals surface area contributed by atoms with Crippen LogP contribution in [0, 0.1) is 0 Å². The van der Waals surface area contributed by atoms with Crippen LogP contribution < -0.4 is 10.2 Å². The van der Waals surface area contributed by atoms with Gasteiger partial charge in [0.15, 0.2) is 0 Å². The van der Waals surface area contributed by atoms with Crippen molar-refractivity contribution in [2.24, 2.45) is 0 Å². The molecule has 7 heteroatoms. The lowest BCUT2D eigenvalue weighted by Crippen LogP contribution is -2.50. The predicted molar refractivity (Wildman–Crippen MR) is 128 cm³/mol. The Hall–Kier alpha value is -3.84. The number of nitrogens with zero attached hydrogens (tertiary/aromatic N) is 4. The molecule has 0 atom stereocenters. The summed E-state index contributed by atoms with van der Waals surface area (Å²) in [6, 6.07) is 24.1. The molecule has 7 nitrogen and oxygen atoms in total. The molecule has 3 heterocycles. The number of hydrogen-bond acceptors (Lipinski definition) is 5. The van der Waals surface area contributed by atoms with Crippen LogP contribution in [0.25, 0.3) is 17.0 Å². The number of furan rings is 1. The fourth-order valence-electron chi connectivity index (χ4n) is 4.14. The molecule has 5 rings (SSSR count). The fraction of sp³-hybridized carbons (Fsp3) is 0.231. The van der Waals surface area contributed by atoms with Gasteiger partial charge >= 0.3 is 0 Å². The number of hydrogen-bond donors (Lipinski definition) is 1. The first kappa shape index (κ1) is 21.0. The number of rotatable bonds is 7. The molecule has 1 saturated heterocycles. The highest BCUT2D eigenvalue weighted by Crippen LogP contribution is 2.25. The van der Waals surface area contributed by atoms with E-state index in [2.05, 4.69) is 22.3 Å². The van der Waals surface area contributed by atoms with E-state index in [1.807, 2.05) is 76.4 Å². The predicted octanol–water partition coefficient (Wildman–Crippen LogP) is 3.57. The molecular weight excluding hydrogens is 414 g/mol. The molecule has 168 valence electrons. The lowest BCUT2D eigenvalue weighted by atomic mass is 10.2. The first-order valence-corrected chi connectivity index (χ1v) is 11.2. The third-order valence-electron chi connectivity index (χ3n) is 5.92. The van der Waals surface area contributed by atoms with E-state index in [1.165, 1.54) is 5.69 Å². The monoisotopic (exact) mass is 441 g/mol. The molecule has 2 aromatic carbocycles. The van der Waals surface area contributed by atoms with E-state index in [0.717, 1.165) is 48.9 Å². The standard InChI is InChI=1S/C26H27N5O2/c32-26(30-15-13-29(14-16-30)21-8-3-1-4-9-21)19-27-18-24-23(25-12-7-17-33-25)20-31(28-24)22-10-5-2-6-11-22/h1-12,17,20,27H,13-16,18-19H2. The second kappa shape index (κ2) is 9.75. The summed E-state index contributed by atoms with van der Waals surface area (Å²) in [6.07, 6.45) is 3.63. The topological polar surface area (TPSA) is 66.5 Å². The minimum Gasteiger partial charge on any atom is -0.464 e. The molecule has 4 aromatic rings. The molecule has 0 spiro atoms. The second-order valence-electron chi connectivity index (χ2n) is 8.05. The molecule has 0 bridgehead atoms. The van der Waals surface area contributed by atoms with E-state index < -0.39 is 0 Å². The van der Waals surface area contributed by atoms with Gasteiger partial charge in [0, 0.05) is 44.6 Å². The molecule has 2 aromatic heterocycles. The minimum atomic E-state index is 0.116. The smallest absolute Gasteiger partial charge is 0.236 e. The van der Waals surface area contributed by atoms with Crippen molar-refractivity contribution in [1.29, 1.82) is 0 Å². The van der Waals surface area contributed by atoms with Crippen LogP contribution >= 0.6 is 0 Å². The summed E-state index contributed by atoms with van der Waals surface area (Å²) in [5, 5.41) is 8.04. The van der Waals surface area contributed by atoms with Crippen molar-refractivity contribution >= 4 is 11.6 Å². The maximum atomic E-state index is 12.8. The molecule has 1 fully saturated rings. The summed E-state index contributed by atoms with van der Waals surface area (Å²) in [7, 11) is 0. The largest absolute Gasteiger partial charge is 0.464 e. The van der Waals surface area contributed by atoms with Crippen LogP contribution in [0.2, 0.25) is 0 Å². The zero-order valence-electron chi connectivity index (χ0n) is 18.4. The van der Waals surface area contributed by atoms with Gasteiger partial charge in [-0.05, 0) is 36.4 Å². The lowest BCUT2D eigenvalue weighted by molar-refractivity contribution is -0.130. The van der Waals surface area contributed by atoms with Crippen molar-refractivity contribution in [3.05, 3.63) is 91.0 Å². The van der Waals surface area contributed by atoms with E-state index in [0.29, 0.717) is 6.54 Å². The Bertz CT molecular complexity index is 1160. The van der Waals surface area contributed by atoms with Crippen molar-refractivity contribution in [2.75, 3.05) is 37.6 Å². The van der Waals surface area contributed by atoms with Gasteiger partial charge in [0.25, 0.3) is 0 Å². The molecule has 1 aliphatic heterocycles. The third kappa shape index (κ3) is 4.83. The van der Waals surface area contributed by atoms with E-state index in [1.54, 1.807) is 6.26 Å². The normalized spacial score (nSPS) is 13.9. The highest BCUT2D eigenvalue weighted by atomic mass is 16.3. The zero-order chi connectivity index (χ0) is 22.5. The van der Waals surface area contributed by atoms with Gasteiger partial charge in [0.2, 0.25) is 5.91 Å². The van der Waals surface area contributed by atoms with Crippen LogP contribution in [0.3, 0.4) is 0 Å². The van der Waals surface area contributed by atoms with Crippen LogP contribution in [0.4, 0.5) is 5.69 Å². The van der Waals surface area contributed by atoms with E-state index in [9.17, 15) is 4.79 Å². The number of benzene rings is 2. The number of amides is 1. The summed E-state index contributed by atoms with van der Waals surface area (Å²) in [5.41, 5.74) is 3.95. The van der Waals surface area contributed by atoms with Crippen LogP contribution in [-0.2, 0) is 11.3 Å². The van der Waals surface area contributed by atoms with Crippen LogP contribution in [0.15, 0.2) is 89.7 Å². The van der Waals surface area contributed by atoms with Gasteiger partial charge in [0.05, 0.1) is 29.8 Å². The maximum absolute atomic E-state index is 12.8. The first-order chi connectivity index (χ1) is 16.3. The molecule has 0 radical (unpaired) electrons. The van der Waals surface area contributed by atoms with Crippen molar-refractivity contribution < 1.29 is 9.21 Å². The van der Waals surface area contributed by atoms with Gasteiger partial charge in [-0.15, -0.1) is 0 Å². The summed E-state index contributed by atoms with van der Waals surface area (Å²) in [5.74, 6) is 0.877. The zero-order valence-corrected chi connectivity index (χ0v) is 18.4. The van der Waals surface area contributed by atoms with Crippen molar-refractivity contribution in [3.8, 4) is 17.0 Å². The number of anilines is 1. The van der Waals surface area contributed by atoms with Gasteiger partial charge in [0.1, 0.15) is 5.76 Å². The van der Waals surface area contributed by atoms with Crippen molar-refractivity contribution in [1.82, 2.24) is 20.0 Å². The highest BCUT2D eigenvalue weighted by Gasteiger charge is 2.21. The van der Waals surface area contributed by atoms with Crippen LogP contribution in [0.5, 0.6) is 0 Å². The molecule has 1 N–H and O–H groups in total. The molecule has 1 amide bonds. The second-order valence-corrected chi connectivity index (χ2v) is 8.05. The van der Waals surface area contributed by atoms with Crippen LogP contribution in [-0.4, -0.2) is 53.3 Å². The lowest BCUT2D eigenvalue weighted by Gasteiger charge is -2.36. The Morgan fingerprint density at radius 2 is 1.58 bits per heavy atom. The maximum Gasteiger partial charge on any atom is 0.236 e. The first-order valence-electron chi connectivity index (χ1n) is 11.2. The van der Waals surface area contributed by atoms with Gasteiger partial charge < -0.3 is 19.5 Å². The van der Waals surface area contributed by atoms with E-state index >= 15 is 0 Å². The number of carbonyl (C=O) groups is 1. The molecule has 1 aliphatic rings. The molecule has 0 saturated carbocycles. The average molecular weight is 442 g/mol. The van der Waals surface area contributed by atoms with Gasteiger partial charge in [-0.25, -0.2) is 4.68 Å². The number of para-hydroxylation sites is 2. The SMILES string of the molecule is O=C(CNCc1nn(-c2ccccc2)cc1-c1ccco1)N1CCN(c2ccccc2)CC1. The fourth-order valence-corrected chi connectivity index (χ4v) is 4.14. The summed E-state index contributed by atoms with van der Waals surface area (Å²) >= 11 is 0. The summed E-state index contributed by atoms with van der Waals surface area (Å²) in [6.45, 7) is 3.91. The number of nitrogens with one attached hydrogen (secondary N) is 1. The van der Waals surface area contributed by atoms with Crippen molar-refractivity contribution in [2.45, 2.75) is 6.54 Å². The Morgan fingerprint density at radius 1 is 0.879 bits per heavy atom. The van der Waals surface area contributed by atoms with E-state index in [4.69, 9.17) is 9.52 Å². The third-order valence-corrected chi connectivity index (χ3v) is 5.92. The quantitative estimate of drug-likeness (QED) is 0.475. The van der Waals surface area contributed by atoms with Crippen molar-refractivity contribution in [3.63, 3.8) is 0 Å².